The molecule has 2 rings (SSSR count). The number of benzene rings is 1. The monoisotopic (exact) mass is 283 g/mol. The first-order chi connectivity index (χ1) is 7.75. The van der Waals surface area contributed by atoms with Crippen LogP contribution in [0.5, 0.6) is 0 Å². The van der Waals surface area contributed by atoms with Crippen LogP contribution in [0.4, 0.5) is 0 Å². The van der Waals surface area contributed by atoms with Gasteiger partial charge in [-0.1, -0.05) is 28.1 Å². The number of halogens is 1. The fourth-order valence-electron chi connectivity index (χ4n) is 1.95. The second-order valence-electron chi connectivity index (χ2n) is 4.39. The molecular weight excluding hydrogens is 266 g/mol. The Morgan fingerprint density at radius 3 is 3.06 bits per heavy atom. The molecule has 16 heavy (non-hydrogen) atoms. The first-order valence-electron chi connectivity index (χ1n) is 5.82. The minimum absolute atomic E-state index is 0.516. The van der Waals surface area contributed by atoms with E-state index in [9.17, 15) is 0 Å². The second kappa shape index (κ2) is 5.80. The van der Waals surface area contributed by atoms with Gasteiger partial charge in [0.1, 0.15) is 0 Å². The number of aryl methyl sites for hydroxylation is 1. The lowest BCUT2D eigenvalue weighted by Crippen LogP contribution is -2.36. The summed E-state index contributed by atoms with van der Waals surface area (Å²) in [5.74, 6) is 0. The molecule has 0 radical (unpaired) electrons. The molecule has 1 unspecified atom stereocenters. The van der Waals surface area contributed by atoms with Crippen LogP contribution in [-0.2, 0) is 11.3 Å². The highest BCUT2D eigenvalue weighted by molar-refractivity contribution is 9.10. The Balaban J connectivity index is 1.88. The molecular formula is C13H18BrNO. The van der Waals surface area contributed by atoms with Crippen LogP contribution in [0, 0.1) is 6.92 Å². The van der Waals surface area contributed by atoms with E-state index in [-0.39, 0.29) is 0 Å². The molecule has 1 aliphatic rings. The molecule has 0 aliphatic carbocycles. The van der Waals surface area contributed by atoms with Crippen LogP contribution >= 0.6 is 15.9 Å². The van der Waals surface area contributed by atoms with E-state index in [1.54, 1.807) is 0 Å². The summed E-state index contributed by atoms with van der Waals surface area (Å²) in [6.45, 7) is 4.79. The van der Waals surface area contributed by atoms with Crippen LogP contribution in [0.2, 0.25) is 0 Å². The summed E-state index contributed by atoms with van der Waals surface area (Å²) >= 11 is 3.60. The molecule has 3 heteroatoms. The Labute approximate surface area is 106 Å². The summed E-state index contributed by atoms with van der Waals surface area (Å²) in [6, 6.07) is 7.01. The predicted molar refractivity (Wildman–Crippen MR) is 69.6 cm³/mol. The molecule has 0 saturated carbocycles. The van der Waals surface area contributed by atoms with Crippen molar-refractivity contribution in [2.24, 2.45) is 0 Å². The minimum Gasteiger partial charge on any atom is -0.380 e. The number of rotatable bonds is 3. The molecule has 1 saturated heterocycles. The van der Waals surface area contributed by atoms with Crippen LogP contribution in [0.1, 0.15) is 24.0 Å². The van der Waals surface area contributed by atoms with Gasteiger partial charge in [-0.2, -0.15) is 0 Å². The van der Waals surface area contributed by atoms with Crippen molar-refractivity contribution >= 4 is 15.9 Å². The van der Waals surface area contributed by atoms with Crippen LogP contribution in [0.3, 0.4) is 0 Å². The molecule has 1 aromatic carbocycles. The fraction of sp³-hybridized carbons (Fsp3) is 0.538. The maximum atomic E-state index is 5.45. The van der Waals surface area contributed by atoms with Gasteiger partial charge in [0.05, 0.1) is 6.61 Å². The number of nitrogens with one attached hydrogen (secondary N) is 1. The minimum atomic E-state index is 0.516. The van der Waals surface area contributed by atoms with Gasteiger partial charge >= 0.3 is 0 Å². The Hall–Kier alpha value is -0.380. The van der Waals surface area contributed by atoms with Crippen LogP contribution in [0.15, 0.2) is 22.7 Å². The van der Waals surface area contributed by atoms with Crippen molar-refractivity contribution < 1.29 is 4.74 Å². The molecule has 1 atom stereocenters. The lowest BCUT2D eigenvalue weighted by atomic mass is 10.1. The molecule has 0 spiro atoms. The summed E-state index contributed by atoms with van der Waals surface area (Å²) in [5.41, 5.74) is 2.60. The molecule has 1 aliphatic heterocycles. The van der Waals surface area contributed by atoms with Crippen molar-refractivity contribution in [3.8, 4) is 0 Å². The van der Waals surface area contributed by atoms with Crippen molar-refractivity contribution in [2.45, 2.75) is 32.4 Å². The Morgan fingerprint density at radius 2 is 2.38 bits per heavy atom. The van der Waals surface area contributed by atoms with Crippen LogP contribution in [-0.4, -0.2) is 19.3 Å². The molecule has 0 aromatic heterocycles. The second-order valence-corrected chi connectivity index (χ2v) is 5.24. The first kappa shape index (κ1) is 12.1. The molecule has 0 bridgehead atoms. The molecule has 0 amide bonds. The van der Waals surface area contributed by atoms with E-state index in [1.165, 1.54) is 28.4 Å². The lowest BCUT2D eigenvalue weighted by molar-refractivity contribution is 0.0699. The predicted octanol–water partition coefficient (Wildman–Crippen LogP) is 3.03. The largest absolute Gasteiger partial charge is 0.380 e. The number of hydrogen-bond donors (Lipinski definition) is 1. The third kappa shape index (κ3) is 3.30. The SMILES string of the molecule is Cc1ccc(CNC2CCCOC2)c(Br)c1. The highest BCUT2D eigenvalue weighted by Crippen LogP contribution is 2.18. The van der Waals surface area contributed by atoms with Crippen molar-refractivity contribution in [2.75, 3.05) is 13.2 Å². The zero-order valence-corrected chi connectivity index (χ0v) is 11.2. The van der Waals surface area contributed by atoms with Gasteiger partial charge in [0.15, 0.2) is 0 Å². The Kier molecular flexibility index (Phi) is 4.38. The molecule has 2 nitrogen and oxygen atoms in total. The average Bonchev–Trinajstić information content (AvgIpc) is 2.29. The molecule has 1 aromatic rings. The van der Waals surface area contributed by atoms with Crippen molar-refractivity contribution in [3.63, 3.8) is 0 Å². The van der Waals surface area contributed by atoms with Gasteiger partial charge in [0.2, 0.25) is 0 Å². The van der Waals surface area contributed by atoms with E-state index in [4.69, 9.17) is 4.74 Å². The highest BCUT2D eigenvalue weighted by Gasteiger charge is 2.13. The third-order valence-corrected chi connectivity index (χ3v) is 3.69. The zero-order valence-electron chi connectivity index (χ0n) is 9.63. The lowest BCUT2D eigenvalue weighted by Gasteiger charge is -2.23. The van der Waals surface area contributed by atoms with E-state index >= 15 is 0 Å². The highest BCUT2D eigenvalue weighted by atomic mass is 79.9. The van der Waals surface area contributed by atoms with E-state index in [1.807, 2.05) is 0 Å². The molecule has 1 fully saturated rings. The molecule has 1 heterocycles. The van der Waals surface area contributed by atoms with Gasteiger partial charge in [0.25, 0.3) is 0 Å². The van der Waals surface area contributed by atoms with Crippen molar-refractivity contribution in [1.29, 1.82) is 0 Å². The Bertz CT molecular complexity index is 348. The number of ether oxygens (including phenoxy) is 1. The van der Waals surface area contributed by atoms with Crippen molar-refractivity contribution in [1.82, 2.24) is 5.32 Å². The standard InChI is InChI=1S/C13H18BrNO/c1-10-4-5-11(13(14)7-10)8-15-12-3-2-6-16-9-12/h4-5,7,12,15H,2-3,6,8-9H2,1H3. The third-order valence-electron chi connectivity index (χ3n) is 2.95. The van der Waals surface area contributed by atoms with Gasteiger partial charge < -0.3 is 10.1 Å². The summed E-state index contributed by atoms with van der Waals surface area (Å²) in [6.07, 6.45) is 2.40. The zero-order chi connectivity index (χ0) is 11.4. The maximum absolute atomic E-state index is 5.45. The first-order valence-corrected chi connectivity index (χ1v) is 6.61. The summed E-state index contributed by atoms with van der Waals surface area (Å²) in [7, 11) is 0. The smallest absolute Gasteiger partial charge is 0.0619 e. The van der Waals surface area contributed by atoms with Gasteiger partial charge in [-0.05, 0) is 37.0 Å². The summed E-state index contributed by atoms with van der Waals surface area (Å²) < 4.78 is 6.64. The van der Waals surface area contributed by atoms with Gasteiger partial charge in [-0.3, -0.25) is 0 Å². The Morgan fingerprint density at radius 1 is 1.50 bits per heavy atom. The molecule has 88 valence electrons. The quantitative estimate of drug-likeness (QED) is 0.921. The van der Waals surface area contributed by atoms with E-state index in [2.05, 4.69) is 46.4 Å². The van der Waals surface area contributed by atoms with E-state index in [0.29, 0.717) is 6.04 Å². The van der Waals surface area contributed by atoms with Gasteiger partial charge in [-0.25, -0.2) is 0 Å². The molecule has 1 N–H and O–H groups in total. The summed E-state index contributed by atoms with van der Waals surface area (Å²) in [5, 5.41) is 3.54. The van der Waals surface area contributed by atoms with Crippen LogP contribution in [0.25, 0.3) is 0 Å². The topological polar surface area (TPSA) is 21.3 Å². The van der Waals surface area contributed by atoms with E-state index < -0.39 is 0 Å². The van der Waals surface area contributed by atoms with Crippen molar-refractivity contribution in [3.05, 3.63) is 33.8 Å². The maximum Gasteiger partial charge on any atom is 0.0619 e. The van der Waals surface area contributed by atoms with E-state index in [0.717, 1.165) is 19.8 Å². The number of hydrogen-bond acceptors (Lipinski definition) is 2. The summed E-state index contributed by atoms with van der Waals surface area (Å²) in [4.78, 5) is 0. The normalized spacial score (nSPS) is 21.0. The van der Waals surface area contributed by atoms with Crippen LogP contribution < -0.4 is 5.32 Å². The van der Waals surface area contributed by atoms with Gasteiger partial charge in [-0.15, -0.1) is 0 Å². The fourth-order valence-corrected chi connectivity index (χ4v) is 2.59. The van der Waals surface area contributed by atoms with Gasteiger partial charge in [0, 0.05) is 23.7 Å². The average molecular weight is 284 g/mol.